The van der Waals surface area contributed by atoms with Gasteiger partial charge in [-0.2, -0.15) is 0 Å². The average Bonchev–Trinajstić information content (AvgIpc) is 2.71. The van der Waals surface area contributed by atoms with Crippen LogP contribution in [0.3, 0.4) is 0 Å². The van der Waals surface area contributed by atoms with E-state index in [1.807, 2.05) is 42.5 Å². The zero-order valence-corrected chi connectivity index (χ0v) is 15.5. The maximum Gasteiger partial charge on any atom is 0.260 e. The lowest BCUT2D eigenvalue weighted by atomic mass is 10.1. The largest absolute Gasteiger partial charge is 0.483 e. The fourth-order valence-electron chi connectivity index (χ4n) is 2.76. The first-order valence-electron chi connectivity index (χ1n) is 8.78. The third-order valence-corrected chi connectivity index (χ3v) is 4.22. The molecule has 0 unspecified atom stereocenters. The van der Waals surface area contributed by atoms with Crippen molar-refractivity contribution in [2.45, 2.75) is 0 Å². The van der Waals surface area contributed by atoms with Gasteiger partial charge < -0.3 is 15.0 Å². The van der Waals surface area contributed by atoms with E-state index < -0.39 is 0 Å². The molecule has 3 aromatic carbocycles. The van der Waals surface area contributed by atoms with Gasteiger partial charge in [0.15, 0.2) is 6.61 Å². The Balaban J connectivity index is 1.55. The van der Waals surface area contributed by atoms with Crippen molar-refractivity contribution in [1.82, 2.24) is 4.90 Å². The number of ether oxygens (including phenoxy) is 1. The molecule has 0 aliphatic heterocycles. The third kappa shape index (κ3) is 4.68. The number of amides is 2. The summed E-state index contributed by atoms with van der Waals surface area (Å²) in [5.74, 6) is 2.55. The molecule has 0 fully saturated rings. The molecule has 0 atom stereocenters. The van der Waals surface area contributed by atoms with Crippen LogP contribution in [0.5, 0.6) is 5.75 Å². The van der Waals surface area contributed by atoms with E-state index in [4.69, 9.17) is 11.2 Å². The van der Waals surface area contributed by atoms with Crippen molar-refractivity contribution in [2.24, 2.45) is 0 Å². The second-order valence-corrected chi connectivity index (χ2v) is 6.29. The van der Waals surface area contributed by atoms with Crippen molar-refractivity contribution in [3.05, 3.63) is 72.3 Å². The minimum absolute atomic E-state index is 0.0853. The number of benzene rings is 3. The van der Waals surface area contributed by atoms with Gasteiger partial charge in [0.05, 0.1) is 6.54 Å². The smallest absolute Gasteiger partial charge is 0.260 e. The highest BCUT2D eigenvalue weighted by Crippen LogP contribution is 2.25. The van der Waals surface area contributed by atoms with Crippen LogP contribution in [0.25, 0.3) is 10.8 Å². The van der Waals surface area contributed by atoms with Crippen molar-refractivity contribution in [3.63, 3.8) is 0 Å². The summed E-state index contributed by atoms with van der Waals surface area (Å²) >= 11 is 0. The van der Waals surface area contributed by atoms with E-state index in [1.165, 1.54) is 4.90 Å². The van der Waals surface area contributed by atoms with E-state index in [-0.39, 0.29) is 25.0 Å². The maximum atomic E-state index is 12.3. The van der Waals surface area contributed by atoms with Gasteiger partial charge in [-0.1, -0.05) is 48.4 Å². The van der Waals surface area contributed by atoms with Gasteiger partial charge in [-0.05, 0) is 29.7 Å². The Morgan fingerprint density at radius 1 is 1.07 bits per heavy atom. The second kappa shape index (κ2) is 8.74. The van der Waals surface area contributed by atoms with Gasteiger partial charge in [0, 0.05) is 23.7 Å². The van der Waals surface area contributed by atoms with Crippen LogP contribution in [0.2, 0.25) is 0 Å². The molecule has 0 radical (unpaired) electrons. The van der Waals surface area contributed by atoms with Gasteiger partial charge in [-0.3, -0.25) is 9.59 Å². The molecule has 0 aliphatic rings. The Bertz CT molecular complexity index is 1050. The molecule has 1 N–H and O–H groups in total. The maximum absolute atomic E-state index is 12.3. The Labute approximate surface area is 163 Å². The molecular formula is C23H20N2O3. The zero-order chi connectivity index (χ0) is 19.9. The first kappa shape index (κ1) is 19.0. The predicted octanol–water partition coefficient (Wildman–Crippen LogP) is 3.30. The number of anilines is 1. The molecule has 0 bridgehead atoms. The van der Waals surface area contributed by atoms with Crippen molar-refractivity contribution in [3.8, 4) is 18.1 Å². The van der Waals surface area contributed by atoms with Crippen LogP contribution < -0.4 is 10.1 Å². The minimum atomic E-state index is -0.310. The van der Waals surface area contributed by atoms with E-state index >= 15 is 0 Å². The standard InChI is InChI=1S/C23H20N2O3/c1-3-17-8-6-11-19(14-17)24-22(26)15-25(2)23(27)16-28-21-13-7-10-18-9-4-5-12-20(18)21/h1,4-14H,15-16H2,2H3,(H,24,26). The van der Waals surface area contributed by atoms with Crippen LogP contribution >= 0.6 is 0 Å². The SMILES string of the molecule is C#Cc1cccc(NC(=O)CN(C)C(=O)COc2cccc3ccccc23)c1. The molecule has 140 valence electrons. The highest BCUT2D eigenvalue weighted by atomic mass is 16.5. The van der Waals surface area contributed by atoms with Gasteiger partial charge >= 0.3 is 0 Å². The Hall–Kier alpha value is -3.78. The molecular weight excluding hydrogens is 352 g/mol. The fourth-order valence-corrected chi connectivity index (χ4v) is 2.76. The van der Waals surface area contributed by atoms with E-state index in [0.717, 1.165) is 10.8 Å². The lowest BCUT2D eigenvalue weighted by Crippen LogP contribution is -2.37. The second-order valence-electron chi connectivity index (χ2n) is 6.29. The predicted molar refractivity (Wildman–Crippen MR) is 110 cm³/mol. The number of carbonyl (C=O) groups excluding carboxylic acids is 2. The van der Waals surface area contributed by atoms with Gasteiger partial charge in [0.1, 0.15) is 5.75 Å². The normalized spacial score (nSPS) is 10.1. The quantitative estimate of drug-likeness (QED) is 0.676. The van der Waals surface area contributed by atoms with Gasteiger partial charge in [-0.25, -0.2) is 0 Å². The van der Waals surface area contributed by atoms with Crippen LogP contribution in [-0.2, 0) is 9.59 Å². The molecule has 3 aromatic rings. The molecule has 2 amide bonds. The number of terminal acetylenes is 1. The zero-order valence-electron chi connectivity index (χ0n) is 15.5. The van der Waals surface area contributed by atoms with E-state index in [2.05, 4.69) is 11.2 Å². The van der Waals surface area contributed by atoms with Gasteiger partial charge in [0.25, 0.3) is 5.91 Å². The fraction of sp³-hybridized carbons (Fsp3) is 0.130. The summed E-state index contributed by atoms with van der Waals surface area (Å²) in [6.07, 6.45) is 5.36. The highest BCUT2D eigenvalue weighted by Gasteiger charge is 2.14. The van der Waals surface area contributed by atoms with Crippen LogP contribution in [0.15, 0.2) is 66.7 Å². The summed E-state index contributed by atoms with van der Waals surface area (Å²) in [5, 5.41) is 4.70. The number of likely N-dealkylation sites (N-methyl/N-ethyl adjacent to an activating group) is 1. The number of hydrogen-bond acceptors (Lipinski definition) is 3. The number of nitrogens with zero attached hydrogens (tertiary/aromatic N) is 1. The number of fused-ring (bicyclic) bond motifs is 1. The van der Waals surface area contributed by atoms with Crippen LogP contribution in [-0.4, -0.2) is 36.9 Å². The minimum Gasteiger partial charge on any atom is -0.483 e. The third-order valence-electron chi connectivity index (χ3n) is 4.22. The molecule has 0 saturated carbocycles. The molecule has 0 saturated heterocycles. The molecule has 0 aliphatic carbocycles. The lowest BCUT2D eigenvalue weighted by Gasteiger charge is -2.17. The first-order chi connectivity index (χ1) is 13.6. The van der Waals surface area contributed by atoms with Crippen molar-refractivity contribution in [2.75, 3.05) is 25.5 Å². The van der Waals surface area contributed by atoms with E-state index in [1.54, 1.807) is 31.3 Å². The molecule has 0 spiro atoms. The number of nitrogens with one attached hydrogen (secondary N) is 1. The summed E-state index contributed by atoms with van der Waals surface area (Å²) in [5.41, 5.74) is 1.26. The van der Waals surface area contributed by atoms with Crippen LogP contribution in [0, 0.1) is 12.3 Å². The van der Waals surface area contributed by atoms with Crippen molar-refractivity contribution in [1.29, 1.82) is 0 Å². The molecule has 5 nitrogen and oxygen atoms in total. The topological polar surface area (TPSA) is 58.6 Å². The number of rotatable bonds is 6. The summed E-state index contributed by atoms with van der Waals surface area (Å²) < 4.78 is 5.69. The van der Waals surface area contributed by atoms with Crippen molar-refractivity contribution >= 4 is 28.3 Å². The molecule has 28 heavy (non-hydrogen) atoms. The monoisotopic (exact) mass is 372 g/mol. The Morgan fingerprint density at radius 3 is 2.64 bits per heavy atom. The van der Waals surface area contributed by atoms with E-state index in [0.29, 0.717) is 17.0 Å². The summed E-state index contributed by atoms with van der Waals surface area (Å²) in [6.45, 7) is -0.234. The van der Waals surface area contributed by atoms with Gasteiger partial charge in [-0.15, -0.1) is 6.42 Å². The summed E-state index contributed by atoms with van der Waals surface area (Å²) in [7, 11) is 1.56. The molecule has 0 heterocycles. The van der Waals surface area contributed by atoms with E-state index in [9.17, 15) is 9.59 Å². The summed E-state index contributed by atoms with van der Waals surface area (Å²) in [6, 6.07) is 20.4. The molecule has 0 aromatic heterocycles. The lowest BCUT2D eigenvalue weighted by molar-refractivity contribution is -0.135. The highest BCUT2D eigenvalue weighted by molar-refractivity contribution is 5.95. The van der Waals surface area contributed by atoms with Crippen LogP contribution in [0.4, 0.5) is 5.69 Å². The molecule has 5 heteroatoms. The average molecular weight is 372 g/mol. The van der Waals surface area contributed by atoms with Crippen molar-refractivity contribution < 1.29 is 14.3 Å². The Morgan fingerprint density at radius 2 is 1.82 bits per heavy atom. The molecule has 3 rings (SSSR count). The summed E-state index contributed by atoms with van der Waals surface area (Å²) in [4.78, 5) is 25.8. The number of hydrogen-bond donors (Lipinski definition) is 1. The Kier molecular flexibility index (Phi) is 5.93. The first-order valence-corrected chi connectivity index (χ1v) is 8.78. The van der Waals surface area contributed by atoms with Gasteiger partial charge in [0.2, 0.25) is 5.91 Å². The number of carbonyl (C=O) groups is 2. The van der Waals surface area contributed by atoms with Crippen LogP contribution in [0.1, 0.15) is 5.56 Å².